The maximum absolute atomic E-state index is 12.6. The van der Waals surface area contributed by atoms with E-state index in [1.165, 1.54) is 4.31 Å². The number of nitrogens with zero attached hydrogens (tertiary/aromatic N) is 3. The Hall–Kier alpha value is -1.68. The van der Waals surface area contributed by atoms with E-state index in [9.17, 15) is 8.42 Å². The lowest BCUT2D eigenvalue weighted by molar-refractivity contribution is 0.00989. The van der Waals surface area contributed by atoms with Crippen LogP contribution in [0.2, 0.25) is 0 Å². The molecule has 0 unspecified atom stereocenters. The van der Waals surface area contributed by atoms with Gasteiger partial charge in [-0.3, -0.25) is 4.99 Å². The number of hydrogen-bond donors (Lipinski definition) is 1. The summed E-state index contributed by atoms with van der Waals surface area (Å²) in [5.41, 5.74) is 0.721. The van der Waals surface area contributed by atoms with Gasteiger partial charge in [0.25, 0.3) is 0 Å². The molecule has 0 aromatic heterocycles. The topological polar surface area (TPSA) is 83.5 Å². The largest absolute Gasteiger partial charge is 0.385 e. The molecule has 1 heterocycles. The summed E-state index contributed by atoms with van der Waals surface area (Å²) in [7, 11) is 3.04. The maximum atomic E-state index is 12.6. The van der Waals surface area contributed by atoms with Gasteiger partial charge < -0.3 is 19.7 Å². The van der Waals surface area contributed by atoms with Gasteiger partial charge in [0.2, 0.25) is 10.0 Å². The van der Waals surface area contributed by atoms with Crippen LogP contribution in [0.15, 0.2) is 34.2 Å². The zero-order valence-corrected chi connectivity index (χ0v) is 18.7. The predicted octanol–water partition coefficient (Wildman–Crippen LogP) is 1.53. The summed E-state index contributed by atoms with van der Waals surface area (Å²) in [4.78, 5) is 6.89. The summed E-state index contributed by atoms with van der Waals surface area (Å²) in [5, 5.41) is 3.32. The van der Waals surface area contributed by atoms with Gasteiger partial charge in [0.05, 0.1) is 11.0 Å². The minimum Gasteiger partial charge on any atom is -0.385 e. The van der Waals surface area contributed by atoms with Gasteiger partial charge in [-0.15, -0.1) is 0 Å². The zero-order chi connectivity index (χ0) is 21.3. The number of likely N-dealkylation sites (tertiary alicyclic amines) is 1. The fraction of sp³-hybridized carbons (Fsp3) is 0.650. The molecule has 2 rings (SSSR count). The van der Waals surface area contributed by atoms with Crippen molar-refractivity contribution in [2.75, 3.05) is 54.6 Å². The van der Waals surface area contributed by atoms with Crippen LogP contribution in [0, 0.1) is 0 Å². The fourth-order valence-electron chi connectivity index (χ4n) is 3.29. The molecule has 0 atom stereocenters. The first kappa shape index (κ1) is 23.6. The molecule has 1 fully saturated rings. The molecule has 1 aromatic rings. The SMILES string of the molecule is CN=C(NCc1ccccc1S(=O)(=O)N(C)C)N1CCC(OCCCOC)CC1. The molecule has 0 amide bonds. The van der Waals surface area contributed by atoms with Crippen molar-refractivity contribution in [2.45, 2.75) is 36.8 Å². The van der Waals surface area contributed by atoms with Gasteiger partial charge in [0.1, 0.15) is 0 Å². The normalized spacial score (nSPS) is 16.4. The average molecular weight is 427 g/mol. The van der Waals surface area contributed by atoms with Crippen LogP contribution in [-0.4, -0.2) is 84.2 Å². The van der Waals surface area contributed by atoms with Crippen molar-refractivity contribution < 1.29 is 17.9 Å². The second kappa shape index (κ2) is 11.5. The number of ether oxygens (including phenoxy) is 2. The van der Waals surface area contributed by atoms with Crippen molar-refractivity contribution in [2.24, 2.45) is 4.99 Å². The van der Waals surface area contributed by atoms with Crippen molar-refractivity contribution in [1.29, 1.82) is 0 Å². The lowest BCUT2D eigenvalue weighted by Crippen LogP contribution is -2.46. The quantitative estimate of drug-likeness (QED) is 0.366. The molecular formula is C20H34N4O4S. The number of methoxy groups -OCH3 is 1. The molecule has 0 spiro atoms. The van der Waals surface area contributed by atoms with E-state index in [1.807, 2.05) is 12.1 Å². The number of piperidine rings is 1. The Morgan fingerprint density at radius 3 is 2.55 bits per heavy atom. The first-order valence-electron chi connectivity index (χ1n) is 9.96. The molecule has 29 heavy (non-hydrogen) atoms. The number of sulfonamides is 1. The van der Waals surface area contributed by atoms with Gasteiger partial charge >= 0.3 is 0 Å². The maximum Gasteiger partial charge on any atom is 0.242 e. The average Bonchev–Trinajstić information content (AvgIpc) is 2.72. The summed E-state index contributed by atoms with van der Waals surface area (Å²) in [6.07, 6.45) is 3.07. The summed E-state index contributed by atoms with van der Waals surface area (Å²) >= 11 is 0. The number of rotatable bonds is 9. The molecule has 164 valence electrons. The Morgan fingerprint density at radius 2 is 1.93 bits per heavy atom. The number of aliphatic imine (C=N–C) groups is 1. The van der Waals surface area contributed by atoms with E-state index in [4.69, 9.17) is 9.47 Å². The highest BCUT2D eigenvalue weighted by molar-refractivity contribution is 7.89. The van der Waals surface area contributed by atoms with Gasteiger partial charge in [-0.05, 0) is 30.9 Å². The molecule has 1 aromatic carbocycles. The van der Waals surface area contributed by atoms with Crippen LogP contribution in [0.4, 0.5) is 0 Å². The van der Waals surface area contributed by atoms with E-state index in [0.717, 1.165) is 57.1 Å². The molecule has 9 heteroatoms. The Labute approximate surface area is 174 Å². The predicted molar refractivity (Wildman–Crippen MR) is 115 cm³/mol. The third-order valence-electron chi connectivity index (χ3n) is 4.97. The summed E-state index contributed by atoms with van der Waals surface area (Å²) in [5.74, 6) is 0.778. The number of hydrogen-bond acceptors (Lipinski definition) is 5. The molecule has 0 saturated carbocycles. The van der Waals surface area contributed by atoms with Crippen LogP contribution < -0.4 is 5.32 Å². The van der Waals surface area contributed by atoms with E-state index in [1.54, 1.807) is 40.4 Å². The molecule has 0 bridgehead atoms. The van der Waals surface area contributed by atoms with Crippen LogP contribution in [0.1, 0.15) is 24.8 Å². The first-order chi connectivity index (χ1) is 13.9. The van der Waals surface area contributed by atoms with Crippen molar-refractivity contribution in [3.63, 3.8) is 0 Å². The second-order valence-corrected chi connectivity index (χ2v) is 9.32. The number of guanidine groups is 1. The van der Waals surface area contributed by atoms with Gasteiger partial charge in [-0.25, -0.2) is 12.7 Å². The minimum absolute atomic E-state index is 0.271. The van der Waals surface area contributed by atoms with Crippen LogP contribution in [0.25, 0.3) is 0 Å². The molecule has 8 nitrogen and oxygen atoms in total. The summed E-state index contributed by atoms with van der Waals surface area (Å²) in [6.45, 7) is 3.55. The standard InChI is InChI=1S/C20H34N4O4S/c1-21-20(24-12-10-18(11-13-24)28-15-7-14-27-4)22-16-17-8-5-6-9-19(17)29(25,26)23(2)3/h5-6,8-9,18H,7,10-16H2,1-4H3,(H,21,22). The van der Waals surface area contributed by atoms with Crippen molar-refractivity contribution >= 4 is 16.0 Å². The molecule has 1 aliphatic rings. The smallest absolute Gasteiger partial charge is 0.242 e. The molecule has 0 radical (unpaired) electrons. The Morgan fingerprint density at radius 1 is 1.24 bits per heavy atom. The highest BCUT2D eigenvalue weighted by atomic mass is 32.2. The van der Waals surface area contributed by atoms with Crippen LogP contribution in [0.5, 0.6) is 0 Å². The van der Waals surface area contributed by atoms with E-state index in [0.29, 0.717) is 11.4 Å². The Balaban J connectivity index is 1.91. The third-order valence-corrected chi connectivity index (χ3v) is 6.88. The minimum atomic E-state index is -3.49. The van der Waals surface area contributed by atoms with E-state index >= 15 is 0 Å². The van der Waals surface area contributed by atoms with E-state index < -0.39 is 10.0 Å². The number of benzene rings is 1. The third kappa shape index (κ3) is 6.67. The lowest BCUT2D eigenvalue weighted by Gasteiger charge is -2.34. The van der Waals surface area contributed by atoms with E-state index in [2.05, 4.69) is 15.2 Å². The molecule has 1 saturated heterocycles. The van der Waals surface area contributed by atoms with Gasteiger partial charge in [-0.2, -0.15) is 0 Å². The summed E-state index contributed by atoms with van der Waals surface area (Å²) < 4.78 is 37.3. The number of nitrogens with one attached hydrogen (secondary N) is 1. The molecule has 1 N–H and O–H groups in total. The molecule has 1 aliphatic heterocycles. The van der Waals surface area contributed by atoms with Gasteiger partial charge in [0.15, 0.2) is 5.96 Å². The lowest BCUT2D eigenvalue weighted by atomic mass is 10.1. The fourth-order valence-corrected chi connectivity index (χ4v) is 4.41. The Bertz CT molecular complexity index is 759. The molecule has 0 aliphatic carbocycles. The van der Waals surface area contributed by atoms with Crippen molar-refractivity contribution in [3.05, 3.63) is 29.8 Å². The van der Waals surface area contributed by atoms with Gasteiger partial charge in [-0.1, -0.05) is 18.2 Å². The van der Waals surface area contributed by atoms with Crippen molar-refractivity contribution in [1.82, 2.24) is 14.5 Å². The van der Waals surface area contributed by atoms with Crippen LogP contribution in [0.3, 0.4) is 0 Å². The zero-order valence-electron chi connectivity index (χ0n) is 17.9. The second-order valence-electron chi connectivity index (χ2n) is 7.20. The summed E-state index contributed by atoms with van der Waals surface area (Å²) in [6, 6.07) is 7.06. The molecular weight excluding hydrogens is 392 g/mol. The van der Waals surface area contributed by atoms with E-state index in [-0.39, 0.29) is 6.10 Å². The monoisotopic (exact) mass is 426 g/mol. The highest BCUT2D eigenvalue weighted by Gasteiger charge is 2.23. The van der Waals surface area contributed by atoms with Gasteiger partial charge in [0, 0.05) is 61.1 Å². The first-order valence-corrected chi connectivity index (χ1v) is 11.4. The Kier molecular flexibility index (Phi) is 9.35. The van der Waals surface area contributed by atoms with Crippen LogP contribution >= 0.6 is 0 Å². The highest BCUT2D eigenvalue weighted by Crippen LogP contribution is 2.19. The van der Waals surface area contributed by atoms with Crippen molar-refractivity contribution in [3.8, 4) is 0 Å². The van der Waals surface area contributed by atoms with Crippen LogP contribution in [-0.2, 0) is 26.0 Å².